The van der Waals surface area contributed by atoms with Gasteiger partial charge in [0, 0.05) is 12.2 Å². The lowest BCUT2D eigenvalue weighted by Gasteiger charge is -2.29. The Kier molecular flexibility index (Phi) is 4.24. The van der Waals surface area contributed by atoms with Gasteiger partial charge < -0.3 is 10.1 Å². The van der Waals surface area contributed by atoms with Crippen LogP contribution in [-0.2, 0) is 0 Å². The van der Waals surface area contributed by atoms with Gasteiger partial charge in [0.25, 0.3) is 0 Å². The first-order chi connectivity index (χ1) is 8.31. The van der Waals surface area contributed by atoms with E-state index >= 15 is 0 Å². The van der Waals surface area contributed by atoms with Crippen LogP contribution in [-0.4, -0.2) is 18.1 Å². The number of anilines is 1. The Bertz CT molecular complexity index is 348. The van der Waals surface area contributed by atoms with Crippen molar-refractivity contribution in [2.75, 3.05) is 12.4 Å². The van der Waals surface area contributed by atoms with Crippen LogP contribution in [0.1, 0.15) is 39.0 Å². The second-order valence-electron chi connectivity index (χ2n) is 4.89. The van der Waals surface area contributed by atoms with Crippen LogP contribution in [0.2, 0.25) is 0 Å². The third-order valence-electron chi connectivity index (χ3n) is 3.70. The Morgan fingerprint density at radius 3 is 2.82 bits per heavy atom. The number of rotatable bonds is 4. The lowest BCUT2D eigenvalue weighted by molar-refractivity contribution is 0.327. The third-order valence-corrected chi connectivity index (χ3v) is 3.70. The lowest BCUT2D eigenvalue weighted by atomic mass is 9.84. The fourth-order valence-electron chi connectivity index (χ4n) is 2.66. The van der Waals surface area contributed by atoms with Crippen LogP contribution in [0.3, 0.4) is 0 Å². The highest BCUT2D eigenvalue weighted by molar-refractivity contribution is 5.52. The van der Waals surface area contributed by atoms with Crippen LogP contribution >= 0.6 is 0 Å². The first-order valence-electron chi connectivity index (χ1n) is 6.57. The summed E-state index contributed by atoms with van der Waals surface area (Å²) in [5.74, 6) is 1.48. The zero-order chi connectivity index (χ0) is 12.1. The highest BCUT2D eigenvalue weighted by atomic mass is 16.5. The van der Waals surface area contributed by atoms with Crippen LogP contribution in [0.15, 0.2) is 18.3 Å². The summed E-state index contributed by atoms with van der Waals surface area (Å²) in [5.41, 5.74) is 1.01. The van der Waals surface area contributed by atoms with Gasteiger partial charge in [0.1, 0.15) is 0 Å². The van der Waals surface area contributed by atoms with E-state index in [1.165, 1.54) is 32.1 Å². The molecule has 1 aliphatic rings. The van der Waals surface area contributed by atoms with E-state index in [2.05, 4.69) is 17.2 Å². The summed E-state index contributed by atoms with van der Waals surface area (Å²) in [6.07, 6.45) is 8.60. The molecule has 3 nitrogen and oxygen atoms in total. The summed E-state index contributed by atoms with van der Waals surface area (Å²) in [5, 5.41) is 3.54. The maximum atomic E-state index is 5.26. The quantitative estimate of drug-likeness (QED) is 0.866. The predicted molar refractivity (Wildman–Crippen MR) is 70.4 cm³/mol. The van der Waals surface area contributed by atoms with Crippen molar-refractivity contribution in [3.63, 3.8) is 0 Å². The molecule has 1 unspecified atom stereocenters. The van der Waals surface area contributed by atoms with Crippen molar-refractivity contribution in [2.24, 2.45) is 5.92 Å². The molecule has 0 radical (unpaired) electrons. The molecule has 1 heterocycles. The van der Waals surface area contributed by atoms with Gasteiger partial charge in [-0.2, -0.15) is 0 Å². The third kappa shape index (κ3) is 3.11. The molecule has 17 heavy (non-hydrogen) atoms. The molecule has 1 N–H and O–H groups in total. The fraction of sp³-hybridized carbons (Fsp3) is 0.643. The van der Waals surface area contributed by atoms with Crippen molar-refractivity contribution in [2.45, 2.75) is 45.1 Å². The van der Waals surface area contributed by atoms with Crippen molar-refractivity contribution in [1.29, 1.82) is 0 Å². The van der Waals surface area contributed by atoms with Gasteiger partial charge in [-0.15, -0.1) is 0 Å². The smallest absolute Gasteiger partial charge is 0.237 e. The van der Waals surface area contributed by atoms with E-state index in [4.69, 9.17) is 4.74 Å². The molecule has 3 heteroatoms. The molecule has 0 bridgehead atoms. The zero-order valence-electron chi connectivity index (χ0n) is 10.8. The average molecular weight is 234 g/mol. The average Bonchev–Trinajstić information content (AvgIpc) is 2.40. The highest BCUT2D eigenvalue weighted by Gasteiger charge is 2.20. The summed E-state index contributed by atoms with van der Waals surface area (Å²) in [4.78, 5) is 4.21. The Labute approximate surface area is 104 Å². The van der Waals surface area contributed by atoms with Crippen molar-refractivity contribution in [3.05, 3.63) is 18.3 Å². The number of hydrogen-bond acceptors (Lipinski definition) is 3. The van der Waals surface area contributed by atoms with E-state index in [-0.39, 0.29) is 0 Å². The van der Waals surface area contributed by atoms with Gasteiger partial charge >= 0.3 is 0 Å². The first-order valence-corrected chi connectivity index (χ1v) is 6.57. The Morgan fingerprint density at radius 1 is 1.35 bits per heavy atom. The second-order valence-corrected chi connectivity index (χ2v) is 4.89. The van der Waals surface area contributed by atoms with Crippen LogP contribution in [0.4, 0.5) is 5.69 Å². The molecule has 1 saturated carbocycles. The van der Waals surface area contributed by atoms with Gasteiger partial charge in [-0.1, -0.05) is 19.3 Å². The van der Waals surface area contributed by atoms with E-state index in [1.54, 1.807) is 13.3 Å². The summed E-state index contributed by atoms with van der Waals surface area (Å²) in [6, 6.07) is 4.47. The molecule has 1 atom stereocenters. The molecule has 1 aromatic heterocycles. The topological polar surface area (TPSA) is 34.1 Å². The fourth-order valence-corrected chi connectivity index (χ4v) is 2.66. The number of nitrogens with zero attached hydrogens (tertiary/aromatic N) is 1. The summed E-state index contributed by atoms with van der Waals surface area (Å²) in [7, 11) is 1.67. The van der Waals surface area contributed by atoms with E-state index < -0.39 is 0 Å². The van der Waals surface area contributed by atoms with Gasteiger partial charge in [0.05, 0.1) is 12.8 Å². The maximum Gasteiger partial charge on any atom is 0.237 e. The normalized spacial score (nSPS) is 18.7. The van der Waals surface area contributed by atoms with E-state index in [0.29, 0.717) is 11.9 Å². The zero-order valence-corrected chi connectivity index (χ0v) is 10.8. The molecule has 0 spiro atoms. The number of hydrogen-bond donors (Lipinski definition) is 1. The molecule has 0 aromatic carbocycles. The van der Waals surface area contributed by atoms with E-state index in [1.807, 2.05) is 12.1 Å². The van der Waals surface area contributed by atoms with Crippen molar-refractivity contribution >= 4 is 5.69 Å². The standard InChI is InChI=1S/C14H22N2O/c1-11(12-7-4-3-5-8-12)16-13-9-6-10-15-14(13)17-2/h6,9-12,16H,3-5,7-8H2,1-2H3. The van der Waals surface area contributed by atoms with Crippen LogP contribution in [0.25, 0.3) is 0 Å². The Morgan fingerprint density at radius 2 is 2.12 bits per heavy atom. The molecule has 94 valence electrons. The Balaban J connectivity index is 1.99. The molecule has 1 aliphatic carbocycles. The summed E-state index contributed by atoms with van der Waals surface area (Å²) >= 11 is 0. The molecule has 2 rings (SSSR count). The number of methoxy groups -OCH3 is 1. The molecular formula is C14H22N2O. The molecular weight excluding hydrogens is 212 g/mol. The largest absolute Gasteiger partial charge is 0.480 e. The van der Waals surface area contributed by atoms with Crippen molar-refractivity contribution < 1.29 is 4.74 Å². The van der Waals surface area contributed by atoms with Crippen LogP contribution in [0.5, 0.6) is 5.88 Å². The molecule has 1 aromatic rings. The molecule has 0 saturated heterocycles. The van der Waals surface area contributed by atoms with Gasteiger partial charge in [-0.05, 0) is 37.8 Å². The first kappa shape index (κ1) is 12.2. The minimum Gasteiger partial charge on any atom is -0.480 e. The van der Waals surface area contributed by atoms with Crippen LogP contribution in [0, 0.1) is 5.92 Å². The monoisotopic (exact) mass is 234 g/mol. The van der Waals surface area contributed by atoms with Gasteiger partial charge in [-0.25, -0.2) is 4.98 Å². The van der Waals surface area contributed by atoms with Gasteiger partial charge in [0.2, 0.25) is 5.88 Å². The van der Waals surface area contributed by atoms with Crippen molar-refractivity contribution in [1.82, 2.24) is 4.98 Å². The Hall–Kier alpha value is -1.25. The van der Waals surface area contributed by atoms with Gasteiger partial charge in [0.15, 0.2) is 0 Å². The number of nitrogens with one attached hydrogen (secondary N) is 1. The van der Waals surface area contributed by atoms with Crippen LogP contribution < -0.4 is 10.1 Å². The van der Waals surface area contributed by atoms with E-state index in [0.717, 1.165) is 11.6 Å². The van der Waals surface area contributed by atoms with E-state index in [9.17, 15) is 0 Å². The van der Waals surface area contributed by atoms with Gasteiger partial charge in [-0.3, -0.25) is 0 Å². The minimum atomic E-state index is 0.494. The SMILES string of the molecule is COc1ncccc1NC(C)C1CCCCC1. The summed E-state index contributed by atoms with van der Waals surface area (Å²) < 4.78 is 5.26. The number of ether oxygens (including phenoxy) is 1. The number of pyridine rings is 1. The minimum absolute atomic E-state index is 0.494. The highest BCUT2D eigenvalue weighted by Crippen LogP contribution is 2.29. The summed E-state index contributed by atoms with van der Waals surface area (Å²) in [6.45, 7) is 2.27. The lowest BCUT2D eigenvalue weighted by Crippen LogP contribution is -2.27. The second kappa shape index (κ2) is 5.89. The maximum absolute atomic E-state index is 5.26. The predicted octanol–water partition coefficient (Wildman–Crippen LogP) is 3.47. The molecule has 1 fully saturated rings. The van der Waals surface area contributed by atoms with Crippen molar-refractivity contribution in [3.8, 4) is 5.88 Å². The molecule has 0 aliphatic heterocycles. The molecule has 0 amide bonds. The number of aromatic nitrogens is 1.